The molecule has 0 aromatic heterocycles. The van der Waals surface area contributed by atoms with E-state index in [1.165, 1.54) is 14.0 Å². The van der Waals surface area contributed by atoms with Gasteiger partial charge in [-0.25, -0.2) is 0 Å². The summed E-state index contributed by atoms with van der Waals surface area (Å²) < 4.78 is 4.94. The van der Waals surface area contributed by atoms with Crippen molar-refractivity contribution in [1.29, 1.82) is 0 Å². The highest BCUT2D eigenvalue weighted by molar-refractivity contribution is 6.42. The number of rotatable bonds is 5. The molecule has 6 heteroatoms. The minimum Gasteiger partial charge on any atom is -0.497 e. The second-order valence-corrected chi connectivity index (χ2v) is 5.53. The summed E-state index contributed by atoms with van der Waals surface area (Å²) in [5, 5.41) is 0.885. The molecule has 0 saturated carbocycles. The van der Waals surface area contributed by atoms with Gasteiger partial charge in [0.25, 0.3) is 0 Å². The molecule has 0 heterocycles. The van der Waals surface area contributed by atoms with Gasteiger partial charge in [-0.2, -0.15) is 0 Å². The van der Waals surface area contributed by atoms with Gasteiger partial charge in [0.1, 0.15) is 12.0 Å². The van der Waals surface area contributed by atoms with E-state index in [1.807, 2.05) is 0 Å². The van der Waals surface area contributed by atoms with Crippen LogP contribution in [0, 0.1) is 0 Å². The highest BCUT2D eigenvalue weighted by Crippen LogP contribution is 2.22. The molecule has 4 nitrogen and oxygen atoms in total. The number of methoxy groups -OCH3 is 1. The lowest BCUT2D eigenvalue weighted by Crippen LogP contribution is -1.99. The highest BCUT2D eigenvalue weighted by atomic mass is 35.5. The molecule has 0 fully saturated rings. The second kappa shape index (κ2) is 9.85. The molecule has 0 N–H and O–H groups in total. The zero-order valence-corrected chi connectivity index (χ0v) is 14.7. The van der Waals surface area contributed by atoms with Crippen LogP contribution in [-0.4, -0.2) is 25.0 Å². The smallest absolute Gasteiger partial charge is 0.170 e. The average molecular weight is 367 g/mol. The van der Waals surface area contributed by atoms with Crippen molar-refractivity contribution in [2.24, 2.45) is 0 Å². The first kappa shape index (κ1) is 19.9. The van der Waals surface area contributed by atoms with Crippen molar-refractivity contribution in [2.45, 2.75) is 13.3 Å². The molecule has 126 valence electrons. The summed E-state index contributed by atoms with van der Waals surface area (Å²) in [5.41, 5.74) is 1.09. The van der Waals surface area contributed by atoms with E-state index in [4.69, 9.17) is 27.9 Å². The van der Waals surface area contributed by atoms with Crippen LogP contribution in [0.1, 0.15) is 34.1 Å². The number of halogens is 2. The van der Waals surface area contributed by atoms with E-state index in [9.17, 15) is 14.4 Å². The lowest BCUT2D eigenvalue weighted by atomic mass is 10.1. The summed E-state index contributed by atoms with van der Waals surface area (Å²) in [6, 6.07) is 11.6. The van der Waals surface area contributed by atoms with Crippen LogP contribution in [0.4, 0.5) is 0 Å². The Hall–Kier alpha value is -2.17. The summed E-state index contributed by atoms with van der Waals surface area (Å²) >= 11 is 11.3. The predicted molar refractivity (Wildman–Crippen MR) is 94.5 cm³/mol. The molecule has 0 radical (unpaired) electrons. The van der Waals surface area contributed by atoms with Gasteiger partial charge in [0, 0.05) is 11.1 Å². The third kappa shape index (κ3) is 6.14. The van der Waals surface area contributed by atoms with Crippen molar-refractivity contribution >= 4 is 41.1 Å². The van der Waals surface area contributed by atoms with Gasteiger partial charge in [-0.15, -0.1) is 0 Å². The summed E-state index contributed by atoms with van der Waals surface area (Å²) in [5.74, 6) is 0.425. The van der Waals surface area contributed by atoms with Crippen LogP contribution >= 0.6 is 23.2 Å². The van der Waals surface area contributed by atoms with E-state index in [2.05, 4.69) is 0 Å². The predicted octanol–water partition coefficient (Wildman–Crippen LogP) is 4.66. The largest absolute Gasteiger partial charge is 0.497 e. The molecule has 0 spiro atoms. The minimum atomic E-state index is -0.186. The Balaban J connectivity index is 0.000000243. The fourth-order valence-electron chi connectivity index (χ4n) is 1.71. The number of hydrogen-bond acceptors (Lipinski definition) is 4. The van der Waals surface area contributed by atoms with Gasteiger partial charge < -0.3 is 9.53 Å². The maximum Gasteiger partial charge on any atom is 0.170 e. The quantitative estimate of drug-likeness (QED) is 0.438. The van der Waals surface area contributed by atoms with Crippen molar-refractivity contribution in [3.05, 3.63) is 63.6 Å². The Morgan fingerprint density at radius 3 is 2.29 bits per heavy atom. The van der Waals surface area contributed by atoms with Gasteiger partial charge in [0.05, 0.1) is 23.6 Å². The number of ketones is 2. The molecular weight excluding hydrogens is 351 g/mol. The second-order valence-electron chi connectivity index (χ2n) is 4.71. The zero-order chi connectivity index (χ0) is 18.1. The lowest BCUT2D eigenvalue weighted by molar-refractivity contribution is -0.107. The Bertz CT molecular complexity index is 742. The number of ether oxygens (including phenoxy) is 1. The van der Waals surface area contributed by atoms with Crippen molar-refractivity contribution in [3.63, 3.8) is 0 Å². The SMILES string of the molecule is CC(=O)c1ccc(Cl)c(Cl)c1.COc1cccc(C(=O)CC=O)c1. The molecule has 0 saturated heterocycles. The van der Waals surface area contributed by atoms with Crippen LogP contribution in [0.25, 0.3) is 0 Å². The number of aldehydes is 1. The standard InChI is InChI=1S/C10H10O3.C8H6Cl2O/c1-13-9-4-2-3-8(7-9)10(12)5-6-11;1-5(11)6-2-3-7(9)8(10)4-6/h2-4,6-7H,5H2,1H3;2-4H,1H3. The van der Waals surface area contributed by atoms with Crippen LogP contribution in [0.15, 0.2) is 42.5 Å². The van der Waals surface area contributed by atoms with Gasteiger partial charge in [-0.05, 0) is 37.3 Å². The Morgan fingerprint density at radius 1 is 1.04 bits per heavy atom. The maximum atomic E-state index is 11.2. The molecule has 2 aromatic rings. The van der Waals surface area contributed by atoms with Crippen molar-refractivity contribution in [3.8, 4) is 5.75 Å². The molecule has 0 amide bonds. The topological polar surface area (TPSA) is 60.4 Å². The minimum absolute atomic E-state index is 0.0106. The summed E-state index contributed by atoms with van der Waals surface area (Å²) in [4.78, 5) is 32.1. The molecule has 0 bridgehead atoms. The van der Waals surface area contributed by atoms with Crippen LogP contribution in [0.2, 0.25) is 10.0 Å². The van der Waals surface area contributed by atoms with Crippen molar-refractivity contribution < 1.29 is 19.1 Å². The van der Waals surface area contributed by atoms with Gasteiger partial charge in [-0.1, -0.05) is 35.3 Å². The molecule has 0 atom stereocenters. The molecule has 24 heavy (non-hydrogen) atoms. The average Bonchev–Trinajstić information content (AvgIpc) is 2.58. The van der Waals surface area contributed by atoms with E-state index in [1.54, 1.807) is 42.5 Å². The van der Waals surface area contributed by atoms with Crippen LogP contribution < -0.4 is 4.74 Å². The van der Waals surface area contributed by atoms with E-state index in [0.29, 0.717) is 33.2 Å². The van der Waals surface area contributed by atoms with Gasteiger partial charge >= 0.3 is 0 Å². The van der Waals surface area contributed by atoms with Crippen LogP contribution in [0.5, 0.6) is 5.75 Å². The van der Waals surface area contributed by atoms with E-state index in [0.717, 1.165) is 0 Å². The fraction of sp³-hybridized carbons (Fsp3) is 0.167. The first-order valence-corrected chi connectivity index (χ1v) is 7.71. The van der Waals surface area contributed by atoms with Gasteiger partial charge in [-0.3, -0.25) is 9.59 Å². The Labute approximate surface area is 150 Å². The van der Waals surface area contributed by atoms with Gasteiger partial charge in [0.15, 0.2) is 11.6 Å². The first-order valence-electron chi connectivity index (χ1n) is 6.96. The number of Topliss-reactive ketones (excluding diaryl/α,β-unsaturated/α-hetero) is 2. The van der Waals surface area contributed by atoms with Crippen molar-refractivity contribution in [2.75, 3.05) is 7.11 Å². The summed E-state index contributed by atoms with van der Waals surface area (Å²) in [6.07, 6.45) is 0.523. The van der Waals surface area contributed by atoms with Crippen LogP contribution in [0.3, 0.4) is 0 Å². The number of hydrogen-bond donors (Lipinski definition) is 0. The fourth-order valence-corrected chi connectivity index (χ4v) is 2.00. The summed E-state index contributed by atoms with van der Waals surface area (Å²) in [7, 11) is 1.53. The maximum absolute atomic E-state index is 11.2. The molecule has 2 rings (SSSR count). The molecule has 0 aliphatic heterocycles. The highest BCUT2D eigenvalue weighted by Gasteiger charge is 2.05. The number of carbonyl (C=O) groups excluding carboxylic acids is 3. The third-order valence-electron chi connectivity index (χ3n) is 2.99. The molecular formula is C18H16Cl2O4. The Morgan fingerprint density at radius 2 is 1.75 bits per heavy atom. The van der Waals surface area contributed by atoms with E-state index >= 15 is 0 Å². The number of carbonyl (C=O) groups is 3. The van der Waals surface area contributed by atoms with E-state index in [-0.39, 0.29) is 18.0 Å². The first-order chi connectivity index (χ1) is 11.4. The molecule has 0 aliphatic carbocycles. The third-order valence-corrected chi connectivity index (χ3v) is 3.73. The van der Waals surface area contributed by atoms with E-state index < -0.39 is 0 Å². The normalized spacial score (nSPS) is 9.50. The molecule has 0 unspecified atom stereocenters. The van der Waals surface area contributed by atoms with Crippen LogP contribution in [-0.2, 0) is 4.79 Å². The molecule has 0 aliphatic rings. The van der Waals surface area contributed by atoms with Gasteiger partial charge in [0.2, 0.25) is 0 Å². The summed E-state index contributed by atoms with van der Waals surface area (Å²) in [6.45, 7) is 1.49. The monoisotopic (exact) mass is 366 g/mol. The van der Waals surface area contributed by atoms with Crippen molar-refractivity contribution in [1.82, 2.24) is 0 Å². The Kier molecular flexibility index (Phi) is 8.16. The number of benzene rings is 2. The molecule has 2 aromatic carbocycles. The lowest BCUT2D eigenvalue weighted by Gasteiger charge is -2.01. The zero-order valence-electron chi connectivity index (χ0n) is 13.2.